The monoisotopic (exact) mass is 231 g/mol. The van der Waals surface area contributed by atoms with Crippen LogP contribution in [0.15, 0.2) is 30.5 Å². The quantitative estimate of drug-likeness (QED) is 0.853. The summed E-state index contributed by atoms with van der Waals surface area (Å²) in [4.78, 5) is 14.2. The van der Waals surface area contributed by atoms with Gasteiger partial charge in [0, 0.05) is 11.8 Å². The summed E-state index contributed by atoms with van der Waals surface area (Å²) in [5.41, 5.74) is 2.32. The highest BCUT2D eigenvalue weighted by Gasteiger charge is 2.18. The molecule has 0 aliphatic rings. The smallest absolute Gasteiger partial charge is 0.338 e. The summed E-state index contributed by atoms with van der Waals surface area (Å²) >= 11 is 0. The maximum Gasteiger partial charge on any atom is 0.338 e. The number of benzene rings is 1. The van der Waals surface area contributed by atoms with E-state index in [0.29, 0.717) is 17.0 Å². The third-order valence-corrected chi connectivity index (χ3v) is 2.67. The molecule has 0 atom stereocenters. The minimum atomic E-state index is -0.940. The topological polar surface area (TPSA) is 62.3 Å². The number of carboxylic acids is 1. The van der Waals surface area contributed by atoms with Gasteiger partial charge in [0.15, 0.2) is 0 Å². The number of nitrogens with one attached hydrogen (secondary N) is 1. The Kier molecular flexibility index (Phi) is 2.87. The van der Waals surface area contributed by atoms with E-state index in [9.17, 15) is 9.90 Å². The SMILES string of the molecule is COc1ccccc1-c1[nH]cc(C)c1C(=O)O. The van der Waals surface area contributed by atoms with E-state index in [2.05, 4.69) is 4.98 Å². The van der Waals surface area contributed by atoms with Crippen LogP contribution in [0.1, 0.15) is 15.9 Å². The molecule has 2 rings (SSSR count). The first kappa shape index (κ1) is 11.3. The van der Waals surface area contributed by atoms with Crippen LogP contribution < -0.4 is 4.74 Å². The van der Waals surface area contributed by atoms with Crippen molar-refractivity contribution in [1.82, 2.24) is 4.98 Å². The van der Waals surface area contributed by atoms with Gasteiger partial charge in [-0.3, -0.25) is 0 Å². The molecule has 0 radical (unpaired) electrons. The molecule has 2 aromatic rings. The van der Waals surface area contributed by atoms with Crippen molar-refractivity contribution in [2.45, 2.75) is 6.92 Å². The number of aromatic nitrogens is 1. The number of carbonyl (C=O) groups is 1. The minimum Gasteiger partial charge on any atom is -0.496 e. The molecular weight excluding hydrogens is 218 g/mol. The fourth-order valence-corrected chi connectivity index (χ4v) is 1.86. The lowest BCUT2D eigenvalue weighted by Crippen LogP contribution is -2.00. The lowest BCUT2D eigenvalue weighted by atomic mass is 10.0. The van der Waals surface area contributed by atoms with Gasteiger partial charge in [0.2, 0.25) is 0 Å². The van der Waals surface area contributed by atoms with Gasteiger partial charge in [-0.2, -0.15) is 0 Å². The summed E-state index contributed by atoms with van der Waals surface area (Å²) in [6.45, 7) is 1.76. The van der Waals surface area contributed by atoms with E-state index in [0.717, 1.165) is 5.56 Å². The Hall–Kier alpha value is -2.23. The van der Waals surface area contributed by atoms with E-state index < -0.39 is 5.97 Å². The Morgan fingerprint density at radius 2 is 2.06 bits per heavy atom. The van der Waals surface area contributed by atoms with Crippen molar-refractivity contribution in [2.75, 3.05) is 7.11 Å². The molecule has 4 nitrogen and oxygen atoms in total. The van der Waals surface area contributed by atoms with Crippen LogP contribution in [-0.2, 0) is 0 Å². The summed E-state index contributed by atoms with van der Waals surface area (Å²) in [7, 11) is 1.56. The largest absolute Gasteiger partial charge is 0.496 e. The number of ether oxygens (including phenoxy) is 1. The second-order valence-corrected chi connectivity index (χ2v) is 3.73. The minimum absolute atomic E-state index is 0.287. The molecule has 1 aromatic heterocycles. The van der Waals surface area contributed by atoms with Gasteiger partial charge in [-0.1, -0.05) is 12.1 Å². The maximum atomic E-state index is 11.2. The highest BCUT2D eigenvalue weighted by Crippen LogP contribution is 2.32. The molecule has 88 valence electrons. The number of hydrogen-bond donors (Lipinski definition) is 2. The molecule has 0 saturated carbocycles. The van der Waals surface area contributed by atoms with Crippen molar-refractivity contribution >= 4 is 5.97 Å². The number of hydrogen-bond acceptors (Lipinski definition) is 2. The fourth-order valence-electron chi connectivity index (χ4n) is 1.86. The number of H-pyrrole nitrogens is 1. The summed E-state index contributed by atoms with van der Waals surface area (Å²) < 4.78 is 5.23. The predicted molar refractivity (Wildman–Crippen MR) is 64.5 cm³/mol. The van der Waals surface area contributed by atoms with E-state index >= 15 is 0 Å². The number of aromatic amines is 1. The van der Waals surface area contributed by atoms with Crippen LogP contribution in [0.25, 0.3) is 11.3 Å². The molecular formula is C13H13NO3. The lowest BCUT2D eigenvalue weighted by Gasteiger charge is -2.07. The highest BCUT2D eigenvalue weighted by atomic mass is 16.5. The van der Waals surface area contributed by atoms with Gasteiger partial charge >= 0.3 is 5.97 Å². The molecule has 0 bridgehead atoms. The lowest BCUT2D eigenvalue weighted by molar-refractivity contribution is 0.0697. The van der Waals surface area contributed by atoms with Crippen molar-refractivity contribution in [3.63, 3.8) is 0 Å². The zero-order valence-corrected chi connectivity index (χ0v) is 9.65. The van der Waals surface area contributed by atoms with Gasteiger partial charge in [0.1, 0.15) is 5.75 Å². The van der Waals surface area contributed by atoms with E-state index in [1.807, 2.05) is 18.2 Å². The molecule has 1 aromatic carbocycles. The number of methoxy groups -OCH3 is 1. The molecule has 0 unspecified atom stereocenters. The molecule has 0 amide bonds. The average molecular weight is 231 g/mol. The molecule has 4 heteroatoms. The number of aromatic carboxylic acids is 1. The third-order valence-electron chi connectivity index (χ3n) is 2.67. The number of rotatable bonds is 3. The van der Waals surface area contributed by atoms with Crippen LogP contribution in [0.5, 0.6) is 5.75 Å². The number of aryl methyl sites for hydroxylation is 1. The van der Waals surface area contributed by atoms with Crippen LogP contribution in [0.3, 0.4) is 0 Å². The van der Waals surface area contributed by atoms with Gasteiger partial charge in [-0.05, 0) is 24.6 Å². The third kappa shape index (κ3) is 1.89. The second kappa shape index (κ2) is 4.33. The first-order valence-corrected chi connectivity index (χ1v) is 5.19. The molecule has 0 saturated heterocycles. The number of para-hydroxylation sites is 1. The van der Waals surface area contributed by atoms with Crippen LogP contribution in [-0.4, -0.2) is 23.2 Å². The summed E-state index contributed by atoms with van der Waals surface area (Å²) in [5, 5.41) is 9.20. The van der Waals surface area contributed by atoms with E-state index in [-0.39, 0.29) is 5.56 Å². The molecule has 1 heterocycles. The van der Waals surface area contributed by atoms with Crippen LogP contribution in [0.4, 0.5) is 0 Å². The molecule has 0 aliphatic heterocycles. The second-order valence-electron chi connectivity index (χ2n) is 3.73. The molecule has 0 fully saturated rings. The fraction of sp³-hybridized carbons (Fsp3) is 0.154. The van der Waals surface area contributed by atoms with Gasteiger partial charge in [0.25, 0.3) is 0 Å². The van der Waals surface area contributed by atoms with Crippen molar-refractivity contribution in [3.05, 3.63) is 41.6 Å². The first-order chi connectivity index (χ1) is 8.15. The summed E-state index contributed by atoms with van der Waals surface area (Å²) in [6, 6.07) is 7.33. The summed E-state index contributed by atoms with van der Waals surface area (Å²) in [6.07, 6.45) is 1.69. The van der Waals surface area contributed by atoms with Gasteiger partial charge in [-0.25, -0.2) is 4.79 Å². The highest BCUT2D eigenvalue weighted by molar-refractivity contribution is 5.97. The van der Waals surface area contributed by atoms with E-state index in [1.54, 1.807) is 26.3 Å². The number of carboxylic acid groups (broad SMARTS) is 1. The zero-order chi connectivity index (χ0) is 12.4. The van der Waals surface area contributed by atoms with Crippen LogP contribution in [0, 0.1) is 6.92 Å². The average Bonchev–Trinajstić information content (AvgIpc) is 2.71. The standard InChI is InChI=1S/C13H13NO3/c1-8-7-14-12(11(8)13(15)16)9-5-3-4-6-10(9)17-2/h3-7,14H,1-2H3,(H,15,16). The van der Waals surface area contributed by atoms with E-state index in [1.165, 1.54) is 0 Å². The van der Waals surface area contributed by atoms with Crippen molar-refractivity contribution in [3.8, 4) is 17.0 Å². The first-order valence-electron chi connectivity index (χ1n) is 5.19. The van der Waals surface area contributed by atoms with Crippen LogP contribution >= 0.6 is 0 Å². The van der Waals surface area contributed by atoms with Crippen molar-refractivity contribution < 1.29 is 14.6 Å². The zero-order valence-electron chi connectivity index (χ0n) is 9.65. The van der Waals surface area contributed by atoms with Crippen LogP contribution in [0.2, 0.25) is 0 Å². The Balaban J connectivity index is 2.65. The molecule has 0 aliphatic carbocycles. The molecule has 17 heavy (non-hydrogen) atoms. The predicted octanol–water partition coefficient (Wildman–Crippen LogP) is 2.70. The Morgan fingerprint density at radius 1 is 1.35 bits per heavy atom. The Labute approximate surface area is 98.9 Å². The normalized spacial score (nSPS) is 10.2. The maximum absolute atomic E-state index is 11.2. The molecule has 2 N–H and O–H groups in total. The molecule has 0 spiro atoms. The van der Waals surface area contributed by atoms with E-state index in [4.69, 9.17) is 4.74 Å². The Morgan fingerprint density at radius 3 is 2.71 bits per heavy atom. The van der Waals surface area contributed by atoms with Gasteiger partial charge in [0.05, 0.1) is 18.4 Å². The summed E-state index contributed by atoms with van der Waals surface area (Å²) in [5.74, 6) is -0.290. The van der Waals surface area contributed by atoms with Crippen molar-refractivity contribution in [1.29, 1.82) is 0 Å². The van der Waals surface area contributed by atoms with Gasteiger partial charge < -0.3 is 14.8 Å². The Bertz CT molecular complexity index is 558. The van der Waals surface area contributed by atoms with Crippen molar-refractivity contribution in [2.24, 2.45) is 0 Å². The van der Waals surface area contributed by atoms with Gasteiger partial charge in [-0.15, -0.1) is 0 Å².